The Morgan fingerprint density at radius 2 is 1.65 bits per heavy atom. The summed E-state index contributed by atoms with van der Waals surface area (Å²) in [6.45, 7) is 8.48. The lowest BCUT2D eigenvalue weighted by Gasteiger charge is -2.05. The third-order valence-corrected chi connectivity index (χ3v) is 5.04. The normalized spacial score (nSPS) is 21.3. The maximum atomic E-state index is 12.5. The average Bonchev–Trinajstić information content (AvgIpc) is 2.61. The molecule has 1 fully saturated rings. The summed E-state index contributed by atoms with van der Waals surface area (Å²) in [4.78, 5) is 12.5. The van der Waals surface area contributed by atoms with Crippen molar-refractivity contribution < 1.29 is 4.79 Å². The van der Waals surface area contributed by atoms with Crippen LogP contribution in [0.3, 0.4) is 0 Å². The summed E-state index contributed by atoms with van der Waals surface area (Å²) in [7, 11) is 0. The summed E-state index contributed by atoms with van der Waals surface area (Å²) in [5.74, 6) is 0.124. The van der Waals surface area contributed by atoms with E-state index in [4.69, 9.17) is 23.2 Å². The minimum Gasteiger partial charge on any atom is -0.294 e. The van der Waals surface area contributed by atoms with Gasteiger partial charge in [-0.2, -0.15) is 0 Å². The zero-order valence-electron chi connectivity index (χ0n) is 10.5. The summed E-state index contributed by atoms with van der Waals surface area (Å²) in [5.41, 5.74) is 0.591. The molecule has 0 atom stereocenters. The van der Waals surface area contributed by atoms with Crippen LogP contribution in [0.25, 0.3) is 0 Å². The average molecular weight is 271 g/mol. The van der Waals surface area contributed by atoms with Crippen LogP contribution in [0.15, 0.2) is 18.2 Å². The molecule has 92 valence electrons. The molecular weight excluding hydrogens is 255 g/mol. The highest BCUT2D eigenvalue weighted by Crippen LogP contribution is 2.69. The van der Waals surface area contributed by atoms with Crippen molar-refractivity contribution in [1.82, 2.24) is 0 Å². The third-order valence-electron chi connectivity index (χ3n) is 4.48. The topological polar surface area (TPSA) is 17.1 Å². The molecule has 0 saturated heterocycles. The van der Waals surface area contributed by atoms with Crippen LogP contribution < -0.4 is 0 Å². The van der Waals surface area contributed by atoms with Crippen molar-refractivity contribution in [2.24, 2.45) is 16.7 Å². The lowest BCUT2D eigenvalue weighted by Crippen LogP contribution is -2.08. The first kappa shape index (κ1) is 12.9. The molecule has 0 unspecified atom stereocenters. The van der Waals surface area contributed by atoms with Crippen molar-refractivity contribution in [1.29, 1.82) is 0 Å². The number of halogens is 2. The van der Waals surface area contributed by atoms with Gasteiger partial charge in [0.25, 0.3) is 0 Å². The van der Waals surface area contributed by atoms with Crippen LogP contribution in [-0.4, -0.2) is 5.78 Å². The van der Waals surface area contributed by atoms with Gasteiger partial charge < -0.3 is 0 Å². The van der Waals surface area contributed by atoms with Gasteiger partial charge in [0.05, 0.1) is 5.02 Å². The Bertz CT molecular complexity index is 475. The van der Waals surface area contributed by atoms with Gasteiger partial charge in [-0.25, -0.2) is 0 Å². The van der Waals surface area contributed by atoms with Crippen LogP contribution in [0, 0.1) is 16.7 Å². The lowest BCUT2D eigenvalue weighted by molar-refractivity contribution is 0.0945. The first-order chi connectivity index (χ1) is 7.69. The minimum absolute atomic E-state index is 0.0194. The molecule has 0 N–H and O–H groups in total. The van der Waals surface area contributed by atoms with Crippen LogP contribution in [0.1, 0.15) is 38.1 Å². The molecule has 17 heavy (non-hydrogen) atoms. The molecule has 0 spiro atoms. The van der Waals surface area contributed by atoms with Gasteiger partial charge in [-0.05, 0) is 29.0 Å². The van der Waals surface area contributed by atoms with Crippen molar-refractivity contribution in [3.05, 3.63) is 33.8 Å². The molecule has 0 heterocycles. The summed E-state index contributed by atoms with van der Waals surface area (Å²) in [6.07, 6.45) is 0. The van der Waals surface area contributed by atoms with E-state index in [-0.39, 0.29) is 22.5 Å². The molecule has 1 aromatic carbocycles. The Morgan fingerprint density at radius 3 is 2.12 bits per heavy atom. The molecule has 1 aromatic rings. The molecule has 0 amide bonds. The maximum Gasteiger partial charge on any atom is 0.168 e. The Balaban J connectivity index is 2.38. The fraction of sp³-hybridized carbons (Fsp3) is 0.500. The van der Waals surface area contributed by atoms with E-state index in [0.717, 1.165) is 0 Å². The van der Waals surface area contributed by atoms with Gasteiger partial charge in [-0.1, -0.05) is 50.9 Å². The molecule has 3 heteroatoms. The van der Waals surface area contributed by atoms with Crippen LogP contribution in [0.2, 0.25) is 10.0 Å². The predicted molar refractivity (Wildman–Crippen MR) is 71.8 cm³/mol. The van der Waals surface area contributed by atoms with Crippen LogP contribution in [-0.2, 0) is 0 Å². The second kappa shape index (κ2) is 3.73. The van der Waals surface area contributed by atoms with Gasteiger partial charge in [0.1, 0.15) is 0 Å². The predicted octanol–water partition coefficient (Wildman–Crippen LogP) is 4.86. The van der Waals surface area contributed by atoms with E-state index >= 15 is 0 Å². The molecule has 2 rings (SSSR count). The molecule has 1 aliphatic rings. The van der Waals surface area contributed by atoms with E-state index in [9.17, 15) is 4.79 Å². The summed E-state index contributed by atoms with van der Waals surface area (Å²) in [5, 5.41) is 1.03. The first-order valence-corrected chi connectivity index (χ1v) is 6.44. The largest absolute Gasteiger partial charge is 0.294 e. The number of ketones is 1. The molecule has 0 bridgehead atoms. The highest BCUT2D eigenvalue weighted by Gasteiger charge is 2.68. The zero-order chi connectivity index (χ0) is 13.0. The van der Waals surface area contributed by atoms with Gasteiger partial charge in [0.15, 0.2) is 5.78 Å². The van der Waals surface area contributed by atoms with Crippen molar-refractivity contribution in [3.8, 4) is 0 Å². The van der Waals surface area contributed by atoms with Crippen molar-refractivity contribution in [2.75, 3.05) is 0 Å². The van der Waals surface area contributed by atoms with Crippen molar-refractivity contribution >= 4 is 29.0 Å². The fourth-order valence-corrected chi connectivity index (χ4v) is 3.08. The number of carbonyl (C=O) groups excluding carboxylic acids is 1. The van der Waals surface area contributed by atoms with E-state index in [1.165, 1.54) is 0 Å². The number of hydrogen-bond acceptors (Lipinski definition) is 1. The molecule has 0 aromatic heterocycles. The third kappa shape index (κ3) is 1.80. The highest BCUT2D eigenvalue weighted by atomic mass is 35.5. The lowest BCUT2D eigenvalue weighted by atomic mass is 10.0. The van der Waals surface area contributed by atoms with E-state index in [2.05, 4.69) is 27.7 Å². The number of carbonyl (C=O) groups is 1. The number of Topliss-reactive ketones (excluding diaryl/α,β-unsaturated/α-hetero) is 1. The Kier molecular flexibility index (Phi) is 2.83. The standard InChI is InChI=1S/C14H16Cl2O/c1-13(2)12(14(13,3)4)11(17)9-7-8(15)5-6-10(9)16/h5-7,12H,1-4H3. The molecule has 1 nitrogen and oxygen atoms in total. The second-order valence-electron chi connectivity index (χ2n) is 5.86. The van der Waals surface area contributed by atoms with E-state index in [1.807, 2.05) is 0 Å². The zero-order valence-corrected chi connectivity index (χ0v) is 12.0. The van der Waals surface area contributed by atoms with Crippen molar-refractivity contribution in [2.45, 2.75) is 27.7 Å². The molecular formula is C14H16Cl2O. The van der Waals surface area contributed by atoms with Crippen molar-refractivity contribution in [3.63, 3.8) is 0 Å². The number of benzene rings is 1. The van der Waals surface area contributed by atoms with Gasteiger partial charge in [-0.3, -0.25) is 4.79 Å². The van der Waals surface area contributed by atoms with Gasteiger partial charge in [0.2, 0.25) is 0 Å². The Morgan fingerprint density at radius 1 is 1.12 bits per heavy atom. The Labute approximate surface area is 112 Å². The van der Waals surface area contributed by atoms with E-state index in [1.54, 1.807) is 18.2 Å². The second-order valence-corrected chi connectivity index (χ2v) is 6.71. The Hall–Kier alpha value is -0.530. The van der Waals surface area contributed by atoms with Crippen LogP contribution >= 0.6 is 23.2 Å². The fourth-order valence-electron chi connectivity index (χ4n) is 2.69. The van der Waals surface area contributed by atoms with E-state index in [0.29, 0.717) is 15.6 Å². The van der Waals surface area contributed by atoms with Gasteiger partial charge >= 0.3 is 0 Å². The van der Waals surface area contributed by atoms with Gasteiger partial charge in [-0.15, -0.1) is 0 Å². The summed E-state index contributed by atoms with van der Waals surface area (Å²) < 4.78 is 0. The van der Waals surface area contributed by atoms with Crippen LogP contribution in [0.4, 0.5) is 0 Å². The van der Waals surface area contributed by atoms with Gasteiger partial charge in [0, 0.05) is 16.5 Å². The monoisotopic (exact) mass is 270 g/mol. The first-order valence-electron chi connectivity index (χ1n) is 5.69. The van der Waals surface area contributed by atoms with E-state index < -0.39 is 0 Å². The molecule has 1 saturated carbocycles. The smallest absolute Gasteiger partial charge is 0.168 e. The maximum absolute atomic E-state index is 12.5. The minimum atomic E-state index is 0.0194. The SMILES string of the molecule is CC1(C)C(C(=O)c2cc(Cl)ccc2Cl)C1(C)C. The highest BCUT2D eigenvalue weighted by molar-refractivity contribution is 6.36. The number of rotatable bonds is 2. The molecule has 0 radical (unpaired) electrons. The molecule has 0 aliphatic heterocycles. The van der Waals surface area contributed by atoms with Crippen LogP contribution in [0.5, 0.6) is 0 Å². The number of hydrogen-bond donors (Lipinski definition) is 0. The summed E-state index contributed by atoms with van der Waals surface area (Å²) in [6, 6.07) is 5.04. The quantitative estimate of drug-likeness (QED) is 0.702. The molecule has 1 aliphatic carbocycles. The summed E-state index contributed by atoms with van der Waals surface area (Å²) >= 11 is 12.0.